The predicted molar refractivity (Wildman–Crippen MR) is 92.8 cm³/mol. The van der Waals surface area contributed by atoms with Gasteiger partial charge in [0, 0.05) is 11.3 Å². The maximum Gasteiger partial charge on any atom is 0.241 e. The second kappa shape index (κ2) is 7.16. The van der Waals surface area contributed by atoms with E-state index in [2.05, 4.69) is 54.1 Å². The molecule has 1 aromatic rings. The Morgan fingerprint density at radius 3 is 2.57 bits per heavy atom. The average molecular weight is 327 g/mol. The minimum absolute atomic E-state index is 0.0387. The molecule has 0 aliphatic carbocycles. The van der Waals surface area contributed by atoms with Gasteiger partial charge in [-0.3, -0.25) is 10.1 Å². The summed E-state index contributed by atoms with van der Waals surface area (Å²) < 4.78 is 0.161. The summed E-state index contributed by atoms with van der Waals surface area (Å²) >= 11 is 3.59. The van der Waals surface area contributed by atoms with Crippen molar-refractivity contribution in [3.05, 3.63) is 22.4 Å². The Morgan fingerprint density at radius 1 is 1.38 bits per heavy atom. The molecule has 1 aliphatic heterocycles. The summed E-state index contributed by atoms with van der Waals surface area (Å²) in [5.41, 5.74) is 1.21. The number of amides is 1. The fraction of sp³-hybridized carbons (Fsp3) is 0.688. The van der Waals surface area contributed by atoms with Gasteiger partial charge in [0.05, 0.1) is 6.04 Å². The fourth-order valence-corrected chi connectivity index (χ4v) is 4.51. The lowest BCUT2D eigenvalue weighted by molar-refractivity contribution is -0.130. The Morgan fingerprint density at radius 2 is 2.10 bits per heavy atom. The van der Waals surface area contributed by atoms with Crippen LogP contribution >= 0.6 is 23.1 Å². The molecule has 2 rings (SSSR count). The van der Waals surface area contributed by atoms with Gasteiger partial charge < -0.3 is 4.90 Å². The zero-order chi connectivity index (χ0) is 15.5. The number of hydrogen-bond donors (Lipinski definition) is 1. The van der Waals surface area contributed by atoms with Gasteiger partial charge in [-0.05, 0) is 47.9 Å². The molecule has 5 heteroatoms. The standard InChI is InChI=1S/C16H26N2OS2/c1-5-13-15(19)18(11-16(6-2,7-3)20-4)14(17-13)12-8-9-21-10-12/h8-10,13-14,17H,5-7,11H2,1-4H3. The monoisotopic (exact) mass is 326 g/mol. The van der Waals surface area contributed by atoms with Crippen molar-refractivity contribution in [2.24, 2.45) is 0 Å². The van der Waals surface area contributed by atoms with Gasteiger partial charge in [-0.15, -0.1) is 0 Å². The Labute approximate surface area is 136 Å². The lowest BCUT2D eigenvalue weighted by atomic mass is 10.0. The van der Waals surface area contributed by atoms with Gasteiger partial charge in [0.2, 0.25) is 5.91 Å². The van der Waals surface area contributed by atoms with E-state index in [1.165, 1.54) is 5.56 Å². The van der Waals surface area contributed by atoms with Gasteiger partial charge in [-0.25, -0.2) is 0 Å². The van der Waals surface area contributed by atoms with Gasteiger partial charge in [0.15, 0.2) is 0 Å². The van der Waals surface area contributed by atoms with Crippen LogP contribution in [0.25, 0.3) is 0 Å². The lowest BCUT2D eigenvalue weighted by Gasteiger charge is -2.36. The molecule has 1 aromatic heterocycles. The minimum atomic E-state index is -0.0387. The molecule has 0 bridgehead atoms. The molecule has 0 radical (unpaired) electrons. The molecule has 2 unspecified atom stereocenters. The second-order valence-electron chi connectivity index (χ2n) is 5.65. The van der Waals surface area contributed by atoms with Crippen molar-refractivity contribution in [2.75, 3.05) is 12.8 Å². The van der Waals surface area contributed by atoms with Crippen molar-refractivity contribution in [3.63, 3.8) is 0 Å². The maximum absolute atomic E-state index is 12.7. The molecule has 0 spiro atoms. The van der Waals surface area contributed by atoms with E-state index in [9.17, 15) is 4.79 Å². The summed E-state index contributed by atoms with van der Waals surface area (Å²) in [5.74, 6) is 0.258. The van der Waals surface area contributed by atoms with E-state index < -0.39 is 0 Å². The molecule has 1 amide bonds. The van der Waals surface area contributed by atoms with E-state index >= 15 is 0 Å². The van der Waals surface area contributed by atoms with E-state index in [4.69, 9.17) is 0 Å². The summed E-state index contributed by atoms with van der Waals surface area (Å²) in [5, 5.41) is 7.74. The molecule has 2 atom stereocenters. The van der Waals surface area contributed by atoms with Crippen molar-refractivity contribution in [2.45, 2.75) is 57.0 Å². The van der Waals surface area contributed by atoms with Crippen LogP contribution in [-0.4, -0.2) is 34.4 Å². The Hall–Kier alpha value is -0.520. The van der Waals surface area contributed by atoms with Crippen LogP contribution in [-0.2, 0) is 4.79 Å². The predicted octanol–water partition coefficient (Wildman–Crippen LogP) is 3.88. The summed E-state index contributed by atoms with van der Waals surface area (Å²) in [6.07, 6.45) is 5.22. The van der Waals surface area contributed by atoms with E-state index in [1.807, 2.05) is 11.8 Å². The highest BCUT2D eigenvalue weighted by molar-refractivity contribution is 8.00. The highest BCUT2D eigenvalue weighted by Crippen LogP contribution is 2.36. The molecule has 0 aromatic carbocycles. The molecule has 21 heavy (non-hydrogen) atoms. The third kappa shape index (κ3) is 3.30. The Balaban J connectivity index is 2.26. The lowest BCUT2D eigenvalue weighted by Crippen LogP contribution is -2.43. The minimum Gasteiger partial charge on any atom is -0.320 e. The third-order valence-corrected chi connectivity index (χ3v) is 6.97. The van der Waals surface area contributed by atoms with Crippen molar-refractivity contribution in [1.29, 1.82) is 0 Å². The first-order chi connectivity index (χ1) is 10.1. The molecule has 118 valence electrons. The van der Waals surface area contributed by atoms with Gasteiger partial charge in [-0.1, -0.05) is 20.8 Å². The van der Waals surface area contributed by atoms with Gasteiger partial charge in [0.1, 0.15) is 6.17 Å². The van der Waals surface area contributed by atoms with Crippen molar-refractivity contribution < 1.29 is 4.79 Å². The van der Waals surface area contributed by atoms with Gasteiger partial charge >= 0.3 is 0 Å². The van der Waals surface area contributed by atoms with Crippen LogP contribution < -0.4 is 5.32 Å². The molecule has 0 saturated carbocycles. The number of nitrogens with zero attached hydrogens (tertiary/aromatic N) is 1. The molecule has 3 nitrogen and oxygen atoms in total. The first kappa shape index (κ1) is 16.8. The van der Waals surface area contributed by atoms with Gasteiger partial charge in [-0.2, -0.15) is 23.1 Å². The molecule has 1 fully saturated rings. The second-order valence-corrected chi connectivity index (χ2v) is 7.70. The average Bonchev–Trinajstić information content (AvgIpc) is 3.14. The summed E-state index contributed by atoms with van der Waals surface area (Å²) in [7, 11) is 0. The molecule has 1 aliphatic rings. The van der Waals surface area contributed by atoms with Crippen LogP contribution in [0.3, 0.4) is 0 Å². The van der Waals surface area contributed by atoms with E-state index in [1.54, 1.807) is 11.3 Å². The van der Waals surface area contributed by atoms with E-state index in [-0.39, 0.29) is 22.9 Å². The molecule has 2 heterocycles. The number of thioether (sulfide) groups is 1. The zero-order valence-electron chi connectivity index (χ0n) is 13.4. The van der Waals surface area contributed by atoms with E-state index in [0.717, 1.165) is 25.8 Å². The SMILES string of the molecule is CCC1NC(c2ccsc2)N(CC(CC)(CC)SC)C1=O. The molecule has 1 N–H and O–H groups in total. The number of hydrogen-bond acceptors (Lipinski definition) is 4. The summed E-state index contributed by atoms with van der Waals surface area (Å²) in [4.78, 5) is 14.8. The highest BCUT2D eigenvalue weighted by atomic mass is 32.2. The first-order valence-corrected chi connectivity index (χ1v) is 9.91. The summed E-state index contributed by atoms with van der Waals surface area (Å²) in [6.45, 7) is 7.35. The van der Waals surface area contributed by atoms with Crippen molar-refractivity contribution in [3.8, 4) is 0 Å². The fourth-order valence-electron chi connectivity index (χ4n) is 2.98. The number of rotatable bonds is 7. The largest absolute Gasteiger partial charge is 0.320 e. The normalized spacial score (nSPS) is 23.0. The van der Waals surface area contributed by atoms with Crippen molar-refractivity contribution in [1.82, 2.24) is 10.2 Å². The summed E-state index contributed by atoms with van der Waals surface area (Å²) in [6, 6.07) is 2.09. The Bertz CT molecular complexity index is 449. The van der Waals surface area contributed by atoms with E-state index in [0.29, 0.717) is 0 Å². The number of nitrogens with one attached hydrogen (secondary N) is 1. The van der Waals surface area contributed by atoms with Crippen LogP contribution in [0.4, 0.5) is 0 Å². The number of thiophene rings is 1. The topological polar surface area (TPSA) is 32.3 Å². The zero-order valence-corrected chi connectivity index (χ0v) is 15.0. The smallest absolute Gasteiger partial charge is 0.241 e. The van der Waals surface area contributed by atoms with Crippen LogP contribution in [0, 0.1) is 0 Å². The molecular formula is C16H26N2OS2. The van der Waals surface area contributed by atoms with Crippen LogP contribution in [0.5, 0.6) is 0 Å². The number of carbonyl (C=O) groups is 1. The van der Waals surface area contributed by atoms with Crippen LogP contribution in [0.2, 0.25) is 0 Å². The van der Waals surface area contributed by atoms with Crippen LogP contribution in [0.1, 0.15) is 51.8 Å². The van der Waals surface area contributed by atoms with Crippen LogP contribution in [0.15, 0.2) is 16.8 Å². The van der Waals surface area contributed by atoms with Crippen molar-refractivity contribution >= 4 is 29.0 Å². The highest BCUT2D eigenvalue weighted by Gasteiger charge is 2.42. The quantitative estimate of drug-likeness (QED) is 0.825. The van der Waals surface area contributed by atoms with Gasteiger partial charge in [0.25, 0.3) is 0 Å². The Kier molecular flexibility index (Phi) is 5.74. The third-order valence-electron chi connectivity index (χ3n) is 4.70. The molecular weight excluding hydrogens is 300 g/mol. The first-order valence-electron chi connectivity index (χ1n) is 7.74. The molecule has 1 saturated heterocycles. The maximum atomic E-state index is 12.7. The number of carbonyl (C=O) groups excluding carboxylic acids is 1.